The molecule has 3 rings (SSSR count). The van der Waals surface area contributed by atoms with E-state index in [4.69, 9.17) is 0 Å². The van der Waals surface area contributed by atoms with Crippen LogP contribution in [0.15, 0.2) is 35.6 Å². The number of sulfonamides is 1. The van der Waals surface area contributed by atoms with Crippen molar-refractivity contribution in [1.29, 1.82) is 0 Å². The maximum Gasteiger partial charge on any atom is 0.245 e. The molecule has 1 aliphatic heterocycles. The Morgan fingerprint density at radius 3 is 2.77 bits per heavy atom. The molecule has 0 amide bonds. The number of imidazole rings is 1. The van der Waals surface area contributed by atoms with E-state index in [1.807, 2.05) is 24.7 Å². The van der Waals surface area contributed by atoms with Crippen LogP contribution in [0.25, 0.3) is 0 Å². The largest absolute Gasteiger partial charge is 0.337 e. The zero-order valence-corrected chi connectivity index (χ0v) is 13.4. The Balaban J connectivity index is 2.00. The van der Waals surface area contributed by atoms with Crippen LogP contribution in [0.5, 0.6) is 0 Å². The Hall–Kier alpha value is -1.77. The Morgan fingerprint density at radius 1 is 1.32 bits per heavy atom. The summed E-state index contributed by atoms with van der Waals surface area (Å²) in [4.78, 5) is 8.64. The minimum atomic E-state index is -3.59. The Kier molecular flexibility index (Phi) is 3.98. The number of aryl methyl sites for hydroxylation is 2. The van der Waals surface area contributed by atoms with Gasteiger partial charge in [0.2, 0.25) is 10.0 Å². The molecule has 22 heavy (non-hydrogen) atoms. The maximum atomic E-state index is 12.9. The normalized spacial score (nSPS) is 20.2. The van der Waals surface area contributed by atoms with Crippen molar-refractivity contribution in [2.75, 3.05) is 19.6 Å². The van der Waals surface area contributed by atoms with Crippen LogP contribution in [0.3, 0.4) is 0 Å². The molecule has 0 saturated carbocycles. The molecule has 0 bridgehead atoms. The van der Waals surface area contributed by atoms with E-state index in [9.17, 15) is 8.42 Å². The van der Waals surface area contributed by atoms with Crippen molar-refractivity contribution in [2.24, 2.45) is 7.05 Å². The topological polar surface area (TPSA) is 80.1 Å². The number of rotatable bonds is 3. The summed E-state index contributed by atoms with van der Waals surface area (Å²) in [5.41, 5.74) is 0.792. The highest BCUT2D eigenvalue weighted by Gasteiger charge is 2.36. The lowest BCUT2D eigenvalue weighted by Gasteiger charge is -2.34. The molecule has 1 N–H and O–H groups in total. The van der Waals surface area contributed by atoms with Gasteiger partial charge in [-0.1, -0.05) is 0 Å². The van der Waals surface area contributed by atoms with Crippen molar-refractivity contribution in [3.05, 3.63) is 42.2 Å². The van der Waals surface area contributed by atoms with E-state index in [2.05, 4.69) is 15.3 Å². The number of nitrogens with one attached hydrogen (secondary N) is 1. The van der Waals surface area contributed by atoms with E-state index in [-0.39, 0.29) is 10.9 Å². The first-order chi connectivity index (χ1) is 10.5. The molecule has 0 aliphatic carbocycles. The number of hydrogen-bond donors (Lipinski definition) is 1. The van der Waals surface area contributed by atoms with Gasteiger partial charge in [0, 0.05) is 51.0 Å². The van der Waals surface area contributed by atoms with E-state index in [1.165, 1.54) is 10.5 Å². The van der Waals surface area contributed by atoms with Gasteiger partial charge >= 0.3 is 0 Å². The van der Waals surface area contributed by atoms with Gasteiger partial charge in [0.25, 0.3) is 0 Å². The maximum absolute atomic E-state index is 12.9. The number of pyridine rings is 1. The number of hydrogen-bond acceptors (Lipinski definition) is 5. The lowest BCUT2D eigenvalue weighted by atomic mass is 10.2. The smallest absolute Gasteiger partial charge is 0.245 e. The van der Waals surface area contributed by atoms with Crippen molar-refractivity contribution in [3.63, 3.8) is 0 Å². The summed E-state index contributed by atoms with van der Waals surface area (Å²) < 4.78 is 29.2. The van der Waals surface area contributed by atoms with E-state index in [0.29, 0.717) is 19.6 Å². The quantitative estimate of drug-likeness (QED) is 0.888. The van der Waals surface area contributed by atoms with Gasteiger partial charge in [0.05, 0.1) is 6.04 Å². The second-order valence-electron chi connectivity index (χ2n) is 5.37. The van der Waals surface area contributed by atoms with E-state index >= 15 is 0 Å². The third kappa shape index (κ3) is 2.65. The van der Waals surface area contributed by atoms with Gasteiger partial charge in [-0.25, -0.2) is 13.4 Å². The predicted molar refractivity (Wildman–Crippen MR) is 81.7 cm³/mol. The molecular weight excluding hydrogens is 302 g/mol. The number of nitrogens with zero attached hydrogens (tertiary/aromatic N) is 4. The van der Waals surface area contributed by atoms with Gasteiger partial charge < -0.3 is 9.88 Å². The lowest BCUT2D eigenvalue weighted by molar-refractivity contribution is 0.258. The van der Waals surface area contributed by atoms with E-state index in [1.54, 1.807) is 18.3 Å². The van der Waals surface area contributed by atoms with Gasteiger partial charge in [0.1, 0.15) is 10.7 Å². The van der Waals surface area contributed by atoms with E-state index in [0.717, 1.165) is 11.5 Å². The molecule has 1 aliphatic rings. The van der Waals surface area contributed by atoms with Crippen molar-refractivity contribution < 1.29 is 8.42 Å². The van der Waals surface area contributed by atoms with Gasteiger partial charge in [-0.2, -0.15) is 4.31 Å². The molecule has 118 valence electrons. The molecular formula is C14H19N5O2S. The fourth-order valence-corrected chi connectivity index (χ4v) is 4.17. The molecule has 2 aromatic rings. The molecule has 8 heteroatoms. The summed E-state index contributed by atoms with van der Waals surface area (Å²) in [5, 5.41) is 3.24. The summed E-state index contributed by atoms with van der Waals surface area (Å²) in [6, 6.07) is 3.00. The van der Waals surface area contributed by atoms with Crippen LogP contribution in [0.1, 0.15) is 17.6 Å². The second-order valence-corrected chi connectivity index (χ2v) is 7.26. The van der Waals surface area contributed by atoms with Crippen LogP contribution >= 0.6 is 0 Å². The van der Waals surface area contributed by atoms with Gasteiger partial charge in [-0.3, -0.25) is 4.98 Å². The molecule has 0 aromatic carbocycles. The summed E-state index contributed by atoms with van der Waals surface area (Å²) in [6.07, 6.45) is 4.92. The first kappa shape index (κ1) is 15.1. The van der Waals surface area contributed by atoms with Crippen LogP contribution in [-0.2, 0) is 17.1 Å². The molecule has 1 unspecified atom stereocenters. The fourth-order valence-electron chi connectivity index (χ4n) is 2.63. The Bertz CT molecular complexity index is 754. The van der Waals surface area contributed by atoms with Crippen molar-refractivity contribution in [2.45, 2.75) is 17.9 Å². The van der Waals surface area contributed by atoms with Crippen LogP contribution in [0.4, 0.5) is 0 Å². The molecule has 0 radical (unpaired) electrons. The fraction of sp³-hybridized carbons (Fsp3) is 0.429. The van der Waals surface area contributed by atoms with Gasteiger partial charge in [-0.05, 0) is 19.1 Å². The second kappa shape index (κ2) is 5.79. The van der Waals surface area contributed by atoms with Crippen LogP contribution in [0.2, 0.25) is 0 Å². The zero-order chi connectivity index (χ0) is 15.7. The van der Waals surface area contributed by atoms with Crippen LogP contribution < -0.4 is 5.32 Å². The molecule has 0 spiro atoms. The zero-order valence-electron chi connectivity index (χ0n) is 12.6. The summed E-state index contributed by atoms with van der Waals surface area (Å²) in [5.74, 6) is 0.732. The standard InChI is InChI=1S/C14H19N5O2S/c1-11-3-4-12(9-17-11)22(20,21)19-8-5-15-10-13(19)14-16-6-7-18(14)2/h3-4,6-7,9,13,15H,5,8,10H2,1-2H3. The summed E-state index contributed by atoms with van der Waals surface area (Å²) in [6.45, 7) is 3.41. The number of piperazine rings is 1. The molecule has 3 heterocycles. The Labute approximate surface area is 130 Å². The number of aromatic nitrogens is 3. The minimum Gasteiger partial charge on any atom is -0.337 e. The minimum absolute atomic E-state index is 0.221. The summed E-state index contributed by atoms with van der Waals surface area (Å²) in [7, 11) is -1.72. The van der Waals surface area contributed by atoms with Crippen LogP contribution in [-0.4, -0.2) is 46.9 Å². The monoisotopic (exact) mass is 321 g/mol. The van der Waals surface area contributed by atoms with Crippen molar-refractivity contribution in [1.82, 2.24) is 24.2 Å². The van der Waals surface area contributed by atoms with E-state index < -0.39 is 10.0 Å². The molecule has 1 saturated heterocycles. The van der Waals surface area contributed by atoms with Crippen molar-refractivity contribution in [3.8, 4) is 0 Å². The third-order valence-electron chi connectivity index (χ3n) is 3.84. The highest BCUT2D eigenvalue weighted by Crippen LogP contribution is 2.27. The molecule has 1 fully saturated rings. The highest BCUT2D eigenvalue weighted by molar-refractivity contribution is 7.89. The molecule has 2 aromatic heterocycles. The molecule has 1 atom stereocenters. The Morgan fingerprint density at radius 2 is 2.14 bits per heavy atom. The first-order valence-corrected chi connectivity index (χ1v) is 8.56. The average molecular weight is 321 g/mol. The summed E-state index contributed by atoms with van der Waals surface area (Å²) >= 11 is 0. The van der Waals surface area contributed by atoms with Crippen LogP contribution in [0, 0.1) is 6.92 Å². The SMILES string of the molecule is Cc1ccc(S(=O)(=O)N2CCNCC2c2nccn2C)cn1. The molecule has 7 nitrogen and oxygen atoms in total. The third-order valence-corrected chi connectivity index (χ3v) is 5.73. The highest BCUT2D eigenvalue weighted by atomic mass is 32.2. The average Bonchev–Trinajstić information content (AvgIpc) is 2.94. The predicted octanol–water partition coefficient (Wildman–Crippen LogP) is 0.459. The lowest BCUT2D eigenvalue weighted by Crippen LogP contribution is -2.49. The van der Waals surface area contributed by atoms with Gasteiger partial charge in [-0.15, -0.1) is 0 Å². The first-order valence-electron chi connectivity index (χ1n) is 7.12. The van der Waals surface area contributed by atoms with Gasteiger partial charge in [0.15, 0.2) is 0 Å². The van der Waals surface area contributed by atoms with Crippen molar-refractivity contribution >= 4 is 10.0 Å².